The number of amides is 1. The van der Waals surface area contributed by atoms with Gasteiger partial charge < -0.3 is 5.32 Å². The van der Waals surface area contributed by atoms with Crippen LogP contribution in [0.5, 0.6) is 0 Å². The monoisotopic (exact) mass is 158 g/mol. The van der Waals surface area contributed by atoms with Crippen molar-refractivity contribution in [3.63, 3.8) is 0 Å². The van der Waals surface area contributed by atoms with E-state index in [-0.39, 0.29) is 18.1 Å². The summed E-state index contributed by atoms with van der Waals surface area (Å²) < 4.78 is 0. The van der Waals surface area contributed by atoms with E-state index < -0.39 is 0 Å². The molecule has 0 atom stereocenters. The number of Topliss-reactive ketones (excluding diaryl/α,β-unsaturated/α-hetero) is 1. The van der Waals surface area contributed by atoms with E-state index in [2.05, 4.69) is 5.32 Å². The Hall–Kier alpha value is -0.900. The minimum atomic E-state index is -0.216. The molecule has 4 nitrogen and oxygen atoms in total. The van der Waals surface area contributed by atoms with Crippen LogP contribution in [-0.2, 0) is 9.59 Å². The van der Waals surface area contributed by atoms with Crippen LogP contribution in [0.4, 0.5) is 0 Å². The number of ketones is 1. The number of rotatable bonds is 4. The van der Waals surface area contributed by atoms with Gasteiger partial charge in [0.1, 0.15) is 5.78 Å². The Morgan fingerprint density at radius 1 is 1.36 bits per heavy atom. The average Bonchev–Trinajstić information content (AvgIpc) is 1.82. The van der Waals surface area contributed by atoms with Crippen LogP contribution in [0.1, 0.15) is 13.3 Å². The lowest BCUT2D eigenvalue weighted by Gasteiger charge is -2.09. The first-order valence-corrected chi connectivity index (χ1v) is 3.43. The van der Waals surface area contributed by atoms with E-state index in [4.69, 9.17) is 0 Å². The molecule has 0 unspecified atom stereocenters. The summed E-state index contributed by atoms with van der Waals surface area (Å²) >= 11 is 0. The second-order valence-corrected chi connectivity index (χ2v) is 2.72. The molecule has 0 aliphatic rings. The molecule has 0 rings (SSSR count). The number of carbonyl (C=O) groups excluding carboxylic acids is 2. The summed E-state index contributed by atoms with van der Waals surface area (Å²) in [4.78, 5) is 23.0. The van der Waals surface area contributed by atoms with Crippen molar-refractivity contribution in [1.82, 2.24) is 10.2 Å². The van der Waals surface area contributed by atoms with Crippen molar-refractivity contribution in [3.8, 4) is 0 Å². The lowest BCUT2D eigenvalue weighted by Crippen LogP contribution is -2.33. The molecule has 0 fully saturated rings. The summed E-state index contributed by atoms with van der Waals surface area (Å²) in [7, 11) is 3.68. The molecule has 0 aromatic heterocycles. The van der Waals surface area contributed by atoms with Crippen molar-refractivity contribution in [3.05, 3.63) is 0 Å². The summed E-state index contributed by atoms with van der Waals surface area (Å²) in [6.07, 6.45) is -0.0200. The Kier molecular flexibility index (Phi) is 4.45. The van der Waals surface area contributed by atoms with Crippen molar-refractivity contribution in [2.45, 2.75) is 13.3 Å². The second-order valence-electron chi connectivity index (χ2n) is 2.72. The number of nitrogens with zero attached hydrogens (tertiary/aromatic N) is 1. The Morgan fingerprint density at radius 3 is 2.27 bits per heavy atom. The smallest absolute Gasteiger partial charge is 0.228 e. The molecule has 1 amide bonds. The minimum Gasteiger partial charge on any atom is -0.343 e. The van der Waals surface area contributed by atoms with E-state index in [1.807, 2.05) is 19.0 Å². The highest BCUT2D eigenvalue weighted by Crippen LogP contribution is 1.81. The van der Waals surface area contributed by atoms with Gasteiger partial charge >= 0.3 is 0 Å². The highest BCUT2D eigenvalue weighted by Gasteiger charge is 2.03. The zero-order valence-electron chi connectivity index (χ0n) is 7.18. The number of hydrogen-bond acceptors (Lipinski definition) is 3. The standard InChI is InChI=1S/C7H14N2O2/c1-6(10)4-7(11)8-5-9(2)3/h4-5H2,1-3H3,(H,8,11). The minimum absolute atomic E-state index is 0.0200. The van der Waals surface area contributed by atoms with Gasteiger partial charge in [-0.05, 0) is 21.0 Å². The van der Waals surface area contributed by atoms with Gasteiger partial charge in [0.2, 0.25) is 5.91 Å². The van der Waals surface area contributed by atoms with Gasteiger partial charge in [-0.25, -0.2) is 0 Å². The first-order valence-electron chi connectivity index (χ1n) is 3.43. The van der Waals surface area contributed by atoms with Crippen LogP contribution in [-0.4, -0.2) is 37.4 Å². The SMILES string of the molecule is CC(=O)CC(=O)NCN(C)C. The number of hydrogen-bond donors (Lipinski definition) is 1. The molecule has 0 aliphatic carbocycles. The number of nitrogens with one attached hydrogen (secondary N) is 1. The first-order chi connectivity index (χ1) is 5.02. The van der Waals surface area contributed by atoms with Crippen LogP contribution in [0.3, 0.4) is 0 Å². The molecule has 0 aromatic rings. The van der Waals surface area contributed by atoms with Crippen molar-refractivity contribution >= 4 is 11.7 Å². The maximum atomic E-state index is 10.8. The molecule has 0 spiro atoms. The summed E-state index contributed by atoms with van der Waals surface area (Å²) in [6.45, 7) is 1.88. The van der Waals surface area contributed by atoms with Gasteiger partial charge in [0.15, 0.2) is 0 Å². The molecule has 0 aromatic carbocycles. The average molecular weight is 158 g/mol. The molecular weight excluding hydrogens is 144 g/mol. The van der Waals surface area contributed by atoms with Gasteiger partial charge in [0.25, 0.3) is 0 Å². The highest BCUT2D eigenvalue weighted by atomic mass is 16.2. The molecule has 0 saturated carbocycles. The zero-order chi connectivity index (χ0) is 8.85. The van der Waals surface area contributed by atoms with Gasteiger partial charge in [-0.15, -0.1) is 0 Å². The Bertz CT molecular complexity index is 155. The predicted molar refractivity (Wildman–Crippen MR) is 42.0 cm³/mol. The molecule has 0 aliphatic heterocycles. The Balaban J connectivity index is 3.46. The molecule has 1 N–H and O–H groups in total. The van der Waals surface area contributed by atoms with E-state index in [1.54, 1.807) is 0 Å². The van der Waals surface area contributed by atoms with Crippen LogP contribution < -0.4 is 5.32 Å². The molecule has 0 saturated heterocycles. The van der Waals surface area contributed by atoms with Crippen LogP contribution in [0.25, 0.3) is 0 Å². The van der Waals surface area contributed by atoms with Gasteiger partial charge in [-0.1, -0.05) is 0 Å². The Morgan fingerprint density at radius 2 is 1.91 bits per heavy atom. The Labute approximate surface area is 66.6 Å². The molecule has 11 heavy (non-hydrogen) atoms. The van der Waals surface area contributed by atoms with Gasteiger partial charge in [0, 0.05) is 0 Å². The first kappa shape index (κ1) is 10.1. The van der Waals surface area contributed by atoms with E-state index >= 15 is 0 Å². The second kappa shape index (κ2) is 4.85. The summed E-state index contributed by atoms with van der Waals surface area (Å²) in [5.41, 5.74) is 0. The molecule has 0 heterocycles. The van der Waals surface area contributed by atoms with Gasteiger partial charge in [-0.3, -0.25) is 14.5 Å². The molecule has 64 valence electrons. The third kappa shape index (κ3) is 6.99. The van der Waals surface area contributed by atoms with Crippen molar-refractivity contribution in [2.24, 2.45) is 0 Å². The third-order valence-corrected chi connectivity index (χ3v) is 1.00. The van der Waals surface area contributed by atoms with E-state index in [0.717, 1.165) is 0 Å². The lowest BCUT2D eigenvalue weighted by atomic mass is 10.3. The van der Waals surface area contributed by atoms with Gasteiger partial charge in [-0.2, -0.15) is 0 Å². The van der Waals surface area contributed by atoms with E-state index in [1.165, 1.54) is 6.92 Å². The lowest BCUT2D eigenvalue weighted by molar-refractivity contribution is -0.127. The fourth-order valence-electron chi connectivity index (χ4n) is 0.535. The van der Waals surface area contributed by atoms with Crippen molar-refractivity contribution in [1.29, 1.82) is 0 Å². The summed E-state index contributed by atoms with van der Waals surface area (Å²) in [5.74, 6) is -0.326. The zero-order valence-corrected chi connectivity index (χ0v) is 7.18. The summed E-state index contributed by atoms with van der Waals surface area (Å²) in [6, 6.07) is 0. The molecular formula is C7H14N2O2. The normalized spacial score (nSPS) is 9.82. The fraction of sp³-hybridized carbons (Fsp3) is 0.714. The third-order valence-electron chi connectivity index (χ3n) is 1.00. The highest BCUT2D eigenvalue weighted by molar-refractivity contribution is 5.96. The van der Waals surface area contributed by atoms with Crippen molar-refractivity contribution in [2.75, 3.05) is 20.8 Å². The largest absolute Gasteiger partial charge is 0.343 e. The fourth-order valence-corrected chi connectivity index (χ4v) is 0.535. The summed E-state index contributed by atoms with van der Waals surface area (Å²) in [5, 5.41) is 2.58. The van der Waals surface area contributed by atoms with Crippen LogP contribution in [0.15, 0.2) is 0 Å². The van der Waals surface area contributed by atoms with Crippen LogP contribution in [0, 0.1) is 0 Å². The quantitative estimate of drug-likeness (QED) is 0.447. The molecule has 4 heteroatoms. The van der Waals surface area contributed by atoms with Gasteiger partial charge in [0.05, 0.1) is 13.1 Å². The number of carbonyl (C=O) groups is 2. The molecule has 0 radical (unpaired) electrons. The van der Waals surface area contributed by atoms with E-state index in [0.29, 0.717) is 6.67 Å². The van der Waals surface area contributed by atoms with Crippen molar-refractivity contribution < 1.29 is 9.59 Å². The maximum Gasteiger partial charge on any atom is 0.228 e. The topological polar surface area (TPSA) is 49.4 Å². The van der Waals surface area contributed by atoms with Crippen LogP contribution in [0.2, 0.25) is 0 Å². The maximum absolute atomic E-state index is 10.8. The molecule has 0 bridgehead atoms. The predicted octanol–water partition coefficient (Wildman–Crippen LogP) is -0.399. The van der Waals surface area contributed by atoms with E-state index in [9.17, 15) is 9.59 Å². The van der Waals surface area contributed by atoms with Crippen LogP contribution >= 0.6 is 0 Å².